The number of rotatable bonds is 5. The summed E-state index contributed by atoms with van der Waals surface area (Å²) in [5.41, 5.74) is 1.76. The first-order chi connectivity index (χ1) is 15.3. The van der Waals surface area contributed by atoms with Gasteiger partial charge >= 0.3 is 0 Å². The van der Waals surface area contributed by atoms with E-state index >= 15 is 0 Å². The number of amides is 1. The van der Waals surface area contributed by atoms with Gasteiger partial charge in [-0.1, -0.05) is 29.3 Å². The SMILES string of the molecule is COc1ccc(NC(=O)C2CN(S(=O)(=O)c3ccc(C)cc3)c3cc(Cl)ccc3O2)cc1. The Balaban J connectivity index is 1.66. The van der Waals surface area contributed by atoms with E-state index in [1.54, 1.807) is 55.6 Å². The maximum absolute atomic E-state index is 13.5. The predicted molar refractivity (Wildman–Crippen MR) is 123 cm³/mol. The molecule has 0 saturated heterocycles. The molecular formula is C23H21ClN2O5S. The van der Waals surface area contributed by atoms with E-state index in [1.165, 1.54) is 22.5 Å². The summed E-state index contributed by atoms with van der Waals surface area (Å²) in [6, 6.07) is 18.0. The second-order valence-corrected chi connectivity index (χ2v) is 9.58. The third-order valence-electron chi connectivity index (χ3n) is 5.05. The highest BCUT2D eigenvalue weighted by Crippen LogP contribution is 2.39. The number of sulfonamides is 1. The van der Waals surface area contributed by atoms with Gasteiger partial charge in [0.1, 0.15) is 11.5 Å². The van der Waals surface area contributed by atoms with Gasteiger partial charge in [0.2, 0.25) is 0 Å². The highest BCUT2D eigenvalue weighted by Gasteiger charge is 2.37. The van der Waals surface area contributed by atoms with Crippen LogP contribution >= 0.6 is 11.6 Å². The fourth-order valence-corrected chi connectivity index (χ4v) is 4.96. The van der Waals surface area contributed by atoms with E-state index in [2.05, 4.69) is 5.32 Å². The average molecular weight is 473 g/mol. The predicted octanol–water partition coefficient (Wildman–Crippen LogP) is 4.25. The summed E-state index contributed by atoms with van der Waals surface area (Å²) in [5, 5.41) is 3.12. The zero-order chi connectivity index (χ0) is 22.9. The fourth-order valence-electron chi connectivity index (χ4n) is 3.32. The molecule has 1 unspecified atom stereocenters. The summed E-state index contributed by atoms with van der Waals surface area (Å²) >= 11 is 6.12. The lowest BCUT2D eigenvalue weighted by molar-refractivity contribution is -0.122. The van der Waals surface area contributed by atoms with Crippen LogP contribution in [0.1, 0.15) is 5.56 Å². The maximum atomic E-state index is 13.5. The first-order valence-electron chi connectivity index (χ1n) is 9.78. The Morgan fingerprint density at radius 3 is 2.44 bits per heavy atom. The van der Waals surface area contributed by atoms with Gasteiger partial charge in [-0.05, 0) is 61.5 Å². The fraction of sp³-hybridized carbons (Fsp3) is 0.174. The number of fused-ring (bicyclic) bond motifs is 1. The largest absolute Gasteiger partial charge is 0.497 e. The quantitative estimate of drug-likeness (QED) is 0.600. The molecule has 3 aromatic rings. The first-order valence-corrected chi connectivity index (χ1v) is 11.6. The average Bonchev–Trinajstić information content (AvgIpc) is 2.79. The number of methoxy groups -OCH3 is 1. The standard InChI is InChI=1S/C23H21ClN2O5S/c1-15-3-10-19(11-4-15)32(28,29)26-14-22(31-21-12-5-16(24)13-20(21)26)23(27)25-17-6-8-18(30-2)9-7-17/h3-13,22H,14H2,1-2H3,(H,25,27). The molecule has 0 bridgehead atoms. The monoisotopic (exact) mass is 472 g/mol. The second-order valence-electron chi connectivity index (χ2n) is 7.29. The van der Waals surface area contributed by atoms with Gasteiger partial charge in [-0.15, -0.1) is 0 Å². The number of carbonyl (C=O) groups is 1. The van der Waals surface area contributed by atoms with Crippen molar-refractivity contribution in [2.75, 3.05) is 23.3 Å². The van der Waals surface area contributed by atoms with Crippen molar-refractivity contribution < 1.29 is 22.7 Å². The molecule has 1 N–H and O–H groups in total. The summed E-state index contributed by atoms with van der Waals surface area (Å²) < 4.78 is 39.0. The number of nitrogens with one attached hydrogen (secondary N) is 1. The van der Waals surface area contributed by atoms with Crippen molar-refractivity contribution >= 4 is 38.9 Å². The van der Waals surface area contributed by atoms with Gasteiger partial charge in [0, 0.05) is 10.7 Å². The molecule has 1 atom stereocenters. The Morgan fingerprint density at radius 1 is 1.09 bits per heavy atom. The number of aryl methyl sites for hydroxylation is 1. The summed E-state index contributed by atoms with van der Waals surface area (Å²) in [5.74, 6) is 0.434. The summed E-state index contributed by atoms with van der Waals surface area (Å²) in [6.07, 6.45) is -1.06. The van der Waals surface area contributed by atoms with Gasteiger partial charge in [-0.2, -0.15) is 0 Å². The minimum Gasteiger partial charge on any atom is -0.497 e. The number of nitrogens with zero attached hydrogens (tertiary/aromatic N) is 1. The van der Waals surface area contributed by atoms with Gasteiger partial charge in [-0.3, -0.25) is 9.10 Å². The topological polar surface area (TPSA) is 84.9 Å². The smallest absolute Gasteiger partial charge is 0.267 e. The Labute approximate surface area is 191 Å². The summed E-state index contributed by atoms with van der Waals surface area (Å²) in [7, 11) is -2.41. The number of hydrogen-bond donors (Lipinski definition) is 1. The van der Waals surface area contributed by atoms with Crippen LogP contribution in [0.4, 0.5) is 11.4 Å². The molecule has 0 radical (unpaired) electrons. The van der Waals surface area contributed by atoms with E-state index < -0.39 is 22.0 Å². The number of carbonyl (C=O) groups excluding carboxylic acids is 1. The molecule has 166 valence electrons. The van der Waals surface area contributed by atoms with Gasteiger partial charge < -0.3 is 14.8 Å². The van der Waals surface area contributed by atoms with Crippen molar-refractivity contribution in [1.29, 1.82) is 0 Å². The van der Waals surface area contributed by atoms with Gasteiger partial charge in [-0.25, -0.2) is 8.42 Å². The van der Waals surface area contributed by atoms with Crippen molar-refractivity contribution in [3.63, 3.8) is 0 Å². The normalized spacial score (nSPS) is 15.5. The van der Waals surface area contributed by atoms with Gasteiger partial charge in [0.05, 0.1) is 24.2 Å². The number of benzene rings is 3. The molecule has 32 heavy (non-hydrogen) atoms. The number of anilines is 2. The zero-order valence-electron chi connectivity index (χ0n) is 17.4. The van der Waals surface area contributed by atoms with Crippen molar-refractivity contribution in [2.45, 2.75) is 17.9 Å². The Hall–Kier alpha value is -3.23. The Morgan fingerprint density at radius 2 is 1.78 bits per heavy atom. The van der Waals surface area contributed by atoms with Crippen LogP contribution in [-0.4, -0.2) is 34.1 Å². The molecule has 0 spiro atoms. The molecule has 0 aromatic heterocycles. The first kappa shape index (κ1) is 22.0. The van der Waals surface area contributed by atoms with E-state index in [4.69, 9.17) is 21.1 Å². The minimum atomic E-state index is -3.96. The number of hydrogen-bond acceptors (Lipinski definition) is 5. The van der Waals surface area contributed by atoms with E-state index in [-0.39, 0.29) is 22.9 Å². The Bertz CT molecular complexity index is 1240. The van der Waals surface area contributed by atoms with Crippen molar-refractivity contribution in [3.05, 3.63) is 77.3 Å². The summed E-state index contributed by atoms with van der Waals surface area (Å²) in [4.78, 5) is 13.1. The lowest BCUT2D eigenvalue weighted by atomic mass is 10.2. The molecule has 1 aliphatic heterocycles. The third-order valence-corrected chi connectivity index (χ3v) is 7.08. The van der Waals surface area contributed by atoms with Crippen LogP contribution in [0.5, 0.6) is 11.5 Å². The van der Waals surface area contributed by atoms with Crippen LogP contribution in [-0.2, 0) is 14.8 Å². The molecule has 0 saturated carbocycles. The van der Waals surface area contributed by atoms with E-state index in [0.717, 1.165) is 5.56 Å². The van der Waals surface area contributed by atoms with Crippen LogP contribution in [0, 0.1) is 6.92 Å². The molecular weight excluding hydrogens is 452 g/mol. The molecule has 1 amide bonds. The molecule has 1 heterocycles. The van der Waals surface area contributed by atoms with Crippen LogP contribution in [0.2, 0.25) is 5.02 Å². The second kappa shape index (κ2) is 8.72. The molecule has 9 heteroatoms. The molecule has 0 fully saturated rings. The zero-order valence-corrected chi connectivity index (χ0v) is 19.0. The van der Waals surface area contributed by atoms with E-state index in [9.17, 15) is 13.2 Å². The third kappa shape index (κ3) is 4.37. The highest BCUT2D eigenvalue weighted by atomic mass is 35.5. The van der Waals surface area contributed by atoms with E-state index in [1.807, 2.05) is 6.92 Å². The number of halogens is 1. The highest BCUT2D eigenvalue weighted by molar-refractivity contribution is 7.92. The molecule has 7 nitrogen and oxygen atoms in total. The van der Waals surface area contributed by atoms with Gasteiger partial charge in [0.25, 0.3) is 15.9 Å². The maximum Gasteiger partial charge on any atom is 0.267 e. The molecule has 1 aliphatic rings. The lowest BCUT2D eigenvalue weighted by Gasteiger charge is -2.34. The van der Waals surface area contributed by atoms with Crippen LogP contribution in [0.15, 0.2) is 71.6 Å². The van der Waals surface area contributed by atoms with Crippen LogP contribution in [0.25, 0.3) is 0 Å². The van der Waals surface area contributed by atoms with Crippen molar-refractivity contribution in [2.24, 2.45) is 0 Å². The summed E-state index contributed by atoms with van der Waals surface area (Å²) in [6.45, 7) is 1.67. The van der Waals surface area contributed by atoms with Crippen molar-refractivity contribution in [3.8, 4) is 11.5 Å². The molecule has 0 aliphatic carbocycles. The van der Waals surface area contributed by atoms with Gasteiger partial charge in [0.15, 0.2) is 6.10 Å². The molecule has 3 aromatic carbocycles. The number of ether oxygens (including phenoxy) is 2. The molecule has 4 rings (SSSR count). The van der Waals surface area contributed by atoms with Crippen molar-refractivity contribution in [1.82, 2.24) is 0 Å². The van der Waals surface area contributed by atoms with Crippen LogP contribution in [0.3, 0.4) is 0 Å². The van der Waals surface area contributed by atoms with E-state index in [0.29, 0.717) is 16.5 Å². The Kier molecular flexibility index (Phi) is 5.99. The van der Waals surface area contributed by atoms with Crippen LogP contribution < -0.4 is 19.1 Å². The minimum absolute atomic E-state index is 0.116. The lowest BCUT2D eigenvalue weighted by Crippen LogP contribution is -2.48.